The molecule has 2 saturated carbocycles. The van der Waals surface area contributed by atoms with Crippen molar-refractivity contribution in [2.75, 3.05) is 6.54 Å². The molecule has 1 amide bonds. The van der Waals surface area contributed by atoms with Gasteiger partial charge >= 0.3 is 0 Å². The van der Waals surface area contributed by atoms with Gasteiger partial charge in [-0.3, -0.25) is 9.59 Å². The van der Waals surface area contributed by atoms with Crippen LogP contribution in [0.3, 0.4) is 0 Å². The molecule has 3 fully saturated rings. The molecule has 1 saturated heterocycles. The number of rotatable bonds is 2. The summed E-state index contributed by atoms with van der Waals surface area (Å²) in [5, 5.41) is 2.85. The Morgan fingerprint density at radius 2 is 2.06 bits per heavy atom. The molecule has 3 rings (SSSR count). The molecule has 3 heteroatoms. The van der Waals surface area contributed by atoms with Crippen molar-refractivity contribution in [2.24, 2.45) is 23.2 Å². The smallest absolute Gasteiger partial charge is 0.230 e. The third kappa shape index (κ3) is 1.80. The van der Waals surface area contributed by atoms with Gasteiger partial charge in [-0.25, -0.2) is 0 Å². The largest absolute Gasteiger partial charge is 0.355 e. The zero-order valence-electron chi connectivity index (χ0n) is 10.5. The molecule has 17 heavy (non-hydrogen) atoms. The van der Waals surface area contributed by atoms with E-state index in [4.69, 9.17) is 0 Å². The zero-order chi connectivity index (χ0) is 12.0. The van der Waals surface area contributed by atoms with Crippen LogP contribution < -0.4 is 5.32 Å². The highest BCUT2D eigenvalue weighted by molar-refractivity contribution is 6.03. The molecule has 3 aliphatic rings. The lowest BCUT2D eigenvalue weighted by molar-refractivity contribution is -0.146. The van der Waals surface area contributed by atoms with E-state index in [1.807, 2.05) is 0 Å². The number of nitrogens with one attached hydrogen (secondary N) is 1. The topological polar surface area (TPSA) is 46.2 Å². The molecular formula is C14H21NO2. The van der Waals surface area contributed by atoms with Crippen molar-refractivity contribution >= 4 is 11.7 Å². The Morgan fingerprint density at radius 1 is 1.35 bits per heavy atom. The molecular weight excluding hydrogens is 214 g/mol. The van der Waals surface area contributed by atoms with Gasteiger partial charge in [-0.1, -0.05) is 13.3 Å². The molecule has 0 bridgehead atoms. The second-order valence-corrected chi connectivity index (χ2v) is 6.50. The molecule has 2 aliphatic carbocycles. The SMILES string of the molecule is CC1CNC(=O)C(C(=O)C2CC3(CCC3)C2)C1. The summed E-state index contributed by atoms with van der Waals surface area (Å²) >= 11 is 0. The van der Waals surface area contributed by atoms with Crippen molar-refractivity contribution in [3.63, 3.8) is 0 Å². The van der Waals surface area contributed by atoms with E-state index < -0.39 is 0 Å². The number of amides is 1. The van der Waals surface area contributed by atoms with Crippen molar-refractivity contribution in [1.82, 2.24) is 5.32 Å². The average molecular weight is 235 g/mol. The van der Waals surface area contributed by atoms with Crippen molar-refractivity contribution in [3.8, 4) is 0 Å². The maximum Gasteiger partial charge on any atom is 0.230 e. The van der Waals surface area contributed by atoms with Gasteiger partial charge in [0, 0.05) is 12.5 Å². The molecule has 1 heterocycles. The van der Waals surface area contributed by atoms with Gasteiger partial charge in [0.05, 0.1) is 5.92 Å². The maximum absolute atomic E-state index is 12.3. The first-order valence-electron chi connectivity index (χ1n) is 6.91. The second kappa shape index (κ2) is 3.82. The van der Waals surface area contributed by atoms with Crippen LogP contribution in [-0.4, -0.2) is 18.2 Å². The van der Waals surface area contributed by atoms with Gasteiger partial charge in [0.15, 0.2) is 0 Å². The molecule has 3 nitrogen and oxygen atoms in total. The van der Waals surface area contributed by atoms with Gasteiger partial charge in [0.1, 0.15) is 5.78 Å². The van der Waals surface area contributed by atoms with Crippen molar-refractivity contribution < 1.29 is 9.59 Å². The maximum atomic E-state index is 12.3. The molecule has 0 aromatic heterocycles. The van der Waals surface area contributed by atoms with E-state index in [0.29, 0.717) is 11.3 Å². The molecule has 2 atom stereocenters. The predicted molar refractivity (Wildman–Crippen MR) is 64.3 cm³/mol. The third-order valence-corrected chi connectivity index (χ3v) is 5.10. The fraction of sp³-hybridized carbons (Fsp3) is 0.857. The van der Waals surface area contributed by atoms with Gasteiger partial charge in [-0.2, -0.15) is 0 Å². The Hall–Kier alpha value is -0.860. The highest BCUT2D eigenvalue weighted by atomic mass is 16.2. The summed E-state index contributed by atoms with van der Waals surface area (Å²) in [6, 6.07) is 0. The molecule has 94 valence electrons. The predicted octanol–water partition coefficient (Wildman–Crippen LogP) is 1.91. The molecule has 0 aromatic carbocycles. The molecule has 0 radical (unpaired) electrons. The first kappa shape index (κ1) is 11.2. The quantitative estimate of drug-likeness (QED) is 0.743. The number of hydrogen-bond acceptors (Lipinski definition) is 2. The highest BCUT2D eigenvalue weighted by Crippen LogP contribution is 2.59. The van der Waals surface area contributed by atoms with E-state index in [1.54, 1.807) is 0 Å². The van der Waals surface area contributed by atoms with E-state index in [-0.39, 0.29) is 23.5 Å². The summed E-state index contributed by atoms with van der Waals surface area (Å²) in [5.41, 5.74) is 0.525. The number of ketones is 1. The minimum atomic E-state index is -0.346. The fourth-order valence-electron chi connectivity index (χ4n) is 3.79. The van der Waals surface area contributed by atoms with Crippen LogP contribution in [0.5, 0.6) is 0 Å². The Balaban J connectivity index is 1.60. The molecule has 1 N–H and O–H groups in total. The minimum Gasteiger partial charge on any atom is -0.355 e. The van der Waals surface area contributed by atoms with Gasteiger partial charge < -0.3 is 5.32 Å². The summed E-state index contributed by atoms with van der Waals surface area (Å²) in [4.78, 5) is 24.0. The highest BCUT2D eigenvalue weighted by Gasteiger charge is 2.52. The number of Topliss-reactive ketones (excluding diaryl/α,β-unsaturated/α-hetero) is 1. The Kier molecular flexibility index (Phi) is 2.53. The summed E-state index contributed by atoms with van der Waals surface area (Å²) in [6.07, 6.45) is 6.83. The Bertz CT molecular complexity index is 351. The van der Waals surface area contributed by atoms with Gasteiger partial charge in [-0.05, 0) is 43.4 Å². The van der Waals surface area contributed by atoms with Gasteiger partial charge in [0.2, 0.25) is 5.91 Å². The van der Waals surface area contributed by atoms with E-state index in [9.17, 15) is 9.59 Å². The number of carbonyl (C=O) groups excluding carboxylic acids is 2. The van der Waals surface area contributed by atoms with Crippen LogP contribution in [0.15, 0.2) is 0 Å². The lowest BCUT2D eigenvalue weighted by Crippen LogP contribution is -2.51. The summed E-state index contributed by atoms with van der Waals surface area (Å²) in [7, 11) is 0. The van der Waals surface area contributed by atoms with Gasteiger partial charge in [0.25, 0.3) is 0 Å². The average Bonchev–Trinajstić information content (AvgIpc) is 2.17. The van der Waals surface area contributed by atoms with Crippen molar-refractivity contribution in [1.29, 1.82) is 0 Å². The van der Waals surface area contributed by atoms with E-state index in [2.05, 4.69) is 12.2 Å². The number of carbonyl (C=O) groups is 2. The Labute approximate surface area is 102 Å². The molecule has 2 unspecified atom stereocenters. The van der Waals surface area contributed by atoms with E-state index in [0.717, 1.165) is 25.8 Å². The molecule has 1 spiro atoms. The molecule has 1 aliphatic heterocycles. The van der Waals surface area contributed by atoms with Crippen LogP contribution in [0.2, 0.25) is 0 Å². The van der Waals surface area contributed by atoms with Crippen LogP contribution in [0.25, 0.3) is 0 Å². The van der Waals surface area contributed by atoms with Gasteiger partial charge in [-0.15, -0.1) is 0 Å². The monoisotopic (exact) mass is 235 g/mol. The second-order valence-electron chi connectivity index (χ2n) is 6.50. The van der Waals surface area contributed by atoms with E-state index >= 15 is 0 Å². The lowest BCUT2D eigenvalue weighted by Gasteiger charge is -2.54. The normalized spacial score (nSPS) is 35.9. The summed E-state index contributed by atoms with van der Waals surface area (Å²) < 4.78 is 0. The Morgan fingerprint density at radius 3 is 2.65 bits per heavy atom. The van der Waals surface area contributed by atoms with Crippen LogP contribution in [-0.2, 0) is 9.59 Å². The fourth-order valence-corrected chi connectivity index (χ4v) is 3.79. The number of piperidine rings is 1. The summed E-state index contributed by atoms with van der Waals surface area (Å²) in [6.45, 7) is 2.84. The lowest BCUT2D eigenvalue weighted by atomic mass is 9.50. The van der Waals surface area contributed by atoms with Crippen LogP contribution in [0, 0.1) is 23.2 Å². The van der Waals surface area contributed by atoms with Crippen LogP contribution in [0.1, 0.15) is 45.4 Å². The number of hydrogen-bond donors (Lipinski definition) is 1. The first-order valence-corrected chi connectivity index (χ1v) is 6.91. The standard InChI is InChI=1S/C14H21NO2/c1-9-5-11(13(17)15-8-9)12(16)10-6-14(7-10)3-2-4-14/h9-11H,2-8H2,1H3,(H,15,17). The van der Waals surface area contributed by atoms with Crippen LogP contribution in [0.4, 0.5) is 0 Å². The summed E-state index contributed by atoms with van der Waals surface area (Å²) in [5.74, 6) is 0.492. The minimum absolute atomic E-state index is 0.0253. The van der Waals surface area contributed by atoms with Crippen LogP contribution >= 0.6 is 0 Å². The first-order chi connectivity index (χ1) is 8.10. The zero-order valence-corrected chi connectivity index (χ0v) is 10.5. The van der Waals surface area contributed by atoms with E-state index in [1.165, 1.54) is 19.3 Å². The van der Waals surface area contributed by atoms with Crippen molar-refractivity contribution in [3.05, 3.63) is 0 Å². The molecule has 0 aromatic rings. The third-order valence-electron chi connectivity index (χ3n) is 5.10. The van der Waals surface area contributed by atoms with Crippen molar-refractivity contribution in [2.45, 2.75) is 45.4 Å².